The average molecular weight is 288 g/mol. The van der Waals surface area contributed by atoms with Gasteiger partial charge in [-0.25, -0.2) is 4.79 Å². The largest absolute Gasteiger partial charge is 0.479 e. The quantitative estimate of drug-likeness (QED) is 0.534. The molecular weight excluding hydrogens is 279 g/mol. The molecule has 1 aliphatic rings. The molecule has 0 aromatic rings. The van der Waals surface area contributed by atoms with Crippen LogP contribution in [0.5, 0.6) is 0 Å². The van der Waals surface area contributed by atoms with E-state index in [1.165, 1.54) is 7.11 Å². The molecular formula is C6H9IO5. The Morgan fingerprint density at radius 3 is 2.50 bits per heavy atom. The summed E-state index contributed by atoms with van der Waals surface area (Å²) in [5, 5.41) is 18.0. The molecule has 0 spiro atoms. The highest BCUT2D eigenvalue weighted by atomic mass is 127. The Morgan fingerprint density at radius 2 is 2.25 bits per heavy atom. The molecule has 4 unspecified atom stereocenters. The van der Waals surface area contributed by atoms with Crippen molar-refractivity contribution < 1.29 is 24.5 Å². The molecule has 4 atom stereocenters. The van der Waals surface area contributed by atoms with E-state index in [4.69, 9.17) is 14.6 Å². The van der Waals surface area contributed by atoms with Gasteiger partial charge in [-0.2, -0.15) is 0 Å². The van der Waals surface area contributed by atoms with Gasteiger partial charge in [-0.05, 0) is 0 Å². The lowest BCUT2D eigenvalue weighted by molar-refractivity contribution is -0.171. The van der Waals surface area contributed by atoms with E-state index < -0.39 is 28.4 Å². The molecule has 1 heterocycles. The number of rotatable bonds is 2. The van der Waals surface area contributed by atoms with Gasteiger partial charge in [0.1, 0.15) is 6.10 Å². The molecule has 1 saturated heterocycles. The van der Waals surface area contributed by atoms with Gasteiger partial charge in [0.2, 0.25) is 0 Å². The molecule has 0 aromatic heterocycles. The number of aliphatic carboxylic acids is 1. The zero-order valence-corrected chi connectivity index (χ0v) is 8.46. The molecule has 5 nitrogen and oxygen atoms in total. The molecule has 0 bridgehead atoms. The number of carboxylic acid groups (broad SMARTS) is 1. The van der Waals surface area contributed by atoms with Gasteiger partial charge in [0.15, 0.2) is 12.4 Å². The number of halogens is 1. The topological polar surface area (TPSA) is 76.0 Å². The Hall–Kier alpha value is 0.0800. The molecule has 1 rings (SSSR count). The summed E-state index contributed by atoms with van der Waals surface area (Å²) in [6.45, 7) is 0. The second-order valence-electron chi connectivity index (χ2n) is 2.43. The van der Waals surface area contributed by atoms with Crippen molar-refractivity contribution in [2.75, 3.05) is 7.11 Å². The third kappa shape index (κ3) is 1.70. The molecule has 1 aliphatic heterocycles. The van der Waals surface area contributed by atoms with Crippen molar-refractivity contribution in [2.24, 2.45) is 0 Å². The zero-order valence-electron chi connectivity index (χ0n) is 6.31. The molecule has 6 heteroatoms. The van der Waals surface area contributed by atoms with Gasteiger partial charge < -0.3 is 19.7 Å². The van der Waals surface area contributed by atoms with Crippen LogP contribution in [0.1, 0.15) is 0 Å². The van der Waals surface area contributed by atoms with Crippen LogP contribution in [0.25, 0.3) is 0 Å². The van der Waals surface area contributed by atoms with Crippen molar-refractivity contribution in [3.8, 4) is 0 Å². The molecule has 0 radical (unpaired) electrons. The SMILES string of the molecule is COC1OC(C(=O)O)C(I)C1O. The number of ether oxygens (including phenoxy) is 2. The van der Waals surface area contributed by atoms with Crippen LogP contribution in [0.3, 0.4) is 0 Å². The van der Waals surface area contributed by atoms with E-state index >= 15 is 0 Å². The first-order valence-electron chi connectivity index (χ1n) is 3.31. The minimum absolute atomic E-state index is 0.468. The van der Waals surface area contributed by atoms with Gasteiger partial charge in [0, 0.05) is 7.11 Å². The number of alkyl halides is 1. The van der Waals surface area contributed by atoms with E-state index in [0.29, 0.717) is 0 Å². The van der Waals surface area contributed by atoms with Crippen LogP contribution in [-0.2, 0) is 14.3 Å². The highest BCUT2D eigenvalue weighted by molar-refractivity contribution is 14.1. The van der Waals surface area contributed by atoms with Crippen LogP contribution < -0.4 is 0 Å². The summed E-state index contributed by atoms with van der Waals surface area (Å²) in [6.07, 6.45) is -2.68. The van der Waals surface area contributed by atoms with E-state index in [1.54, 1.807) is 0 Å². The maximum absolute atomic E-state index is 10.5. The predicted octanol–water partition coefficient (Wildman–Crippen LogP) is -0.393. The summed E-state index contributed by atoms with van der Waals surface area (Å²) in [7, 11) is 1.36. The Kier molecular flexibility index (Phi) is 3.27. The van der Waals surface area contributed by atoms with Gasteiger partial charge in [0.05, 0.1) is 3.92 Å². The monoisotopic (exact) mass is 288 g/mol. The normalized spacial score (nSPS) is 41.6. The summed E-state index contributed by atoms with van der Waals surface area (Å²) in [5.74, 6) is -1.08. The average Bonchev–Trinajstić information content (AvgIpc) is 2.30. The maximum atomic E-state index is 10.5. The van der Waals surface area contributed by atoms with Crippen molar-refractivity contribution in [3.05, 3.63) is 0 Å². The lowest BCUT2D eigenvalue weighted by Crippen LogP contribution is -2.31. The van der Waals surface area contributed by atoms with E-state index in [-0.39, 0.29) is 0 Å². The summed E-state index contributed by atoms with van der Waals surface area (Å²) in [4.78, 5) is 10.5. The van der Waals surface area contributed by atoms with Gasteiger partial charge in [0.25, 0.3) is 0 Å². The first-order chi connectivity index (χ1) is 5.57. The predicted molar refractivity (Wildman–Crippen MR) is 47.1 cm³/mol. The molecule has 0 aliphatic carbocycles. The second-order valence-corrected chi connectivity index (χ2v) is 3.87. The van der Waals surface area contributed by atoms with Crippen LogP contribution in [0, 0.1) is 0 Å². The molecule has 2 N–H and O–H groups in total. The summed E-state index contributed by atoms with van der Waals surface area (Å²) >= 11 is 1.84. The van der Waals surface area contributed by atoms with Crippen LogP contribution >= 0.6 is 22.6 Å². The first kappa shape index (κ1) is 10.2. The molecule has 1 fully saturated rings. The van der Waals surface area contributed by atoms with Crippen molar-refractivity contribution in [1.29, 1.82) is 0 Å². The Morgan fingerprint density at radius 1 is 1.67 bits per heavy atom. The fourth-order valence-electron chi connectivity index (χ4n) is 1.02. The van der Waals surface area contributed by atoms with Gasteiger partial charge in [-0.1, -0.05) is 22.6 Å². The number of aliphatic hydroxyl groups is 1. The van der Waals surface area contributed by atoms with Crippen LogP contribution in [0.15, 0.2) is 0 Å². The first-order valence-corrected chi connectivity index (χ1v) is 4.55. The Labute approximate surface area is 82.8 Å². The number of aliphatic hydroxyl groups excluding tert-OH is 1. The second kappa shape index (κ2) is 3.86. The minimum Gasteiger partial charge on any atom is -0.479 e. The Balaban J connectivity index is 2.66. The molecule has 0 aromatic carbocycles. The van der Waals surface area contributed by atoms with E-state index in [2.05, 4.69) is 0 Å². The lowest BCUT2D eigenvalue weighted by atomic mass is 10.2. The third-order valence-corrected chi connectivity index (χ3v) is 3.04. The molecule has 0 saturated carbocycles. The highest BCUT2D eigenvalue weighted by Crippen LogP contribution is 2.28. The maximum Gasteiger partial charge on any atom is 0.334 e. The van der Waals surface area contributed by atoms with Crippen molar-refractivity contribution in [1.82, 2.24) is 0 Å². The summed E-state index contributed by atoms with van der Waals surface area (Å²) in [5.41, 5.74) is 0. The van der Waals surface area contributed by atoms with Crippen LogP contribution in [0.2, 0.25) is 0 Å². The zero-order chi connectivity index (χ0) is 9.30. The van der Waals surface area contributed by atoms with Crippen molar-refractivity contribution in [2.45, 2.75) is 22.4 Å². The van der Waals surface area contributed by atoms with E-state index in [0.717, 1.165) is 0 Å². The highest BCUT2D eigenvalue weighted by Gasteiger charge is 2.46. The number of hydrogen-bond acceptors (Lipinski definition) is 4. The fourth-order valence-corrected chi connectivity index (χ4v) is 1.83. The number of hydrogen-bond donors (Lipinski definition) is 2. The van der Waals surface area contributed by atoms with Crippen LogP contribution in [0.4, 0.5) is 0 Å². The van der Waals surface area contributed by atoms with Crippen molar-refractivity contribution in [3.63, 3.8) is 0 Å². The minimum atomic E-state index is -1.08. The number of carboxylic acids is 1. The fraction of sp³-hybridized carbons (Fsp3) is 0.833. The molecule has 0 amide bonds. The van der Waals surface area contributed by atoms with Gasteiger partial charge in [-0.3, -0.25) is 0 Å². The summed E-state index contributed by atoms with van der Waals surface area (Å²) in [6, 6.07) is 0. The van der Waals surface area contributed by atoms with E-state index in [1.807, 2.05) is 22.6 Å². The van der Waals surface area contributed by atoms with Gasteiger partial charge in [-0.15, -0.1) is 0 Å². The van der Waals surface area contributed by atoms with Crippen molar-refractivity contribution >= 4 is 28.6 Å². The standard InChI is InChI=1S/C6H9IO5/c1-11-6-3(8)2(7)4(12-6)5(9)10/h2-4,6,8H,1H3,(H,9,10). The number of methoxy groups -OCH3 is 1. The summed E-state index contributed by atoms with van der Waals surface area (Å²) < 4.78 is 9.18. The lowest BCUT2D eigenvalue weighted by Gasteiger charge is -2.10. The van der Waals surface area contributed by atoms with E-state index in [9.17, 15) is 9.90 Å². The van der Waals surface area contributed by atoms with Gasteiger partial charge >= 0.3 is 5.97 Å². The number of carbonyl (C=O) groups is 1. The van der Waals surface area contributed by atoms with Crippen LogP contribution in [-0.4, -0.2) is 45.7 Å². The smallest absolute Gasteiger partial charge is 0.334 e. The molecule has 70 valence electrons. The third-order valence-electron chi connectivity index (χ3n) is 1.65. The Bertz CT molecular complexity index is 185. The molecule has 12 heavy (non-hydrogen) atoms.